The first kappa shape index (κ1) is 18.2. The van der Waals surface area contributed by atoms with Gasteiger partial charge in [-0.25, -0.2) is 13.4 Å². The third kappa shape index (κ3) is 3.78. The van der Waals surface area contributed by atoms with E-state index in [0.717, 1.165) is 18.4 Å². The van der Waals surface area contributed by atoms with Crippen molar-refractivity contribution < 1.29 is 17.6 Å². The minimum atomic E-state index is -3.46. The normalized spacial score (nSPS) is 15.4. The second-order valence-electron chi connectivity index (χ2n) is 6.29. The van der Waals surface area contributed by atoms with Crippen molar-refractivity contribution in [3.05, 3.63) is 54.1 Å². The Bertz CT molecular complexity index is 1040. The molecular formula is C19H18N2O4S2. The molecular weight excluding hydrogens is 384 g/mol. The molecule has 6 nitrogen and oxygen atoms in total. The average molecular weight is 402 g/mol. The molecule has 0 spiro atoms. The van der Waals surface area contributed by atoms with Gasteiger partial charge in [-0.2, -0.15) is 4.31 Å². The Morgan fingerprint density at radius 1 is 1.07 bits per heavy atom. The number of carbonyl (C=O) groups is 1. The Balaban J connectivity index is 1.43. The monoisotopic (exact) mass is 402 g/mol. The molecule has 2 heterocycles. The van der Waals surface area contributed by atoms with Gasteiger partial charge >= 0.3 is 0 Å². The van der Waals surface area contributed by atoms with Gasteiger partial charge in [0.25, 0.3) is 5.22 Å². The number of sulfonamides is 1. The summed E-state index contributed by atoms with van der Waals surface area (Å²) in [5.41, 5.74) is 1.91. The van der Waals surface area contributed by atoms with Crippen LogP contribution in [-0.2, 0) is 10.0 Å². The molecule has 0 amide bonds. The van der Waals surface area contributed by atoms with E-state index in [1.807, 2.05) is 24.3 Å². The lowest BCUT2D eigenvalue weighted by Gasteiger charge is -2.15. The highest BCUT2D eigenvalue weighted by molar-refractivity contribution is 7.99. The van der Waals surface area contributed by atoms with Crippen molar-refractivity contribution in [3.8, 4) is 0 Å². The zero-order valence-electron chi connectivity index (χ0n) is 14.5. The number of para-hydroxylation sites is 2. The van der Waals surface area contributed by atoms with Gasteiger partial charge in [0.1, 0.15) is 5.52 Å². The van der Waals surface area contributed by atoms with Crippen molar-refractivity contribution in [2.75, 3.05) is 18.8 Å². The molecule has 0 radical (unpaired) electrons. The number of nitrogens with zero attached hydrogens (tertiary/aromatic N) is 2. The molecule has 0 aliphatic carbocycles. The van der Waals surface area contributed by atoms with E-state index in [-0.39, 0.29) is 16.4 Å². The molecule has 0 saturated carbocycles. The fourth-order valence-corrected chi connectivity index (χ4v) is 5.26. The zero-order chi connectivity index (χ0) is 18.9. The Morgan fingerprint density at radius 2 is 1.78 bits per heavy atom. The maximum Gasteiger partial charge on any atom is 0.257 e. The van der Waals surface area contributed by atoms with E-state index in [4.69, 9.17) is 4.42 Å². The Kier molecular flexibility index (Phi) is 5.03. The highest BCUT2D eigenvalue weighted by atomic mass is 32.2. The van der Waals surface area contributed by atoms with E-state index in [1.54, 1.807) is 12.1 Å². The largest absolute Gasteiger partial charge is 0.431 e. The van der Waals surface area contributed by atoms with Crippen molar-refractivity contribution in [2.45, 2.75) is 23.0 Å². The van der Waals surface area contributed by atoms with Crippen LogP contribution in [0.15, 0.2) is 63.1 Å². The second-order valence-corrected chi connectivity index (χ2v) is 9.16. The van der Waals surface area contributed by atoms with Gasteiger partial charge in [0.2, 0.25) is 10.0 Å². The molecule has 27 heavy (non-hydrogen) atoms. The lowest BCUT2D eigenvalue weighted by Crippen LogP contribution is -2.27. The summed E-state index contributed by atoms with van der Waals surface area (Å²) in [4.78, 5) is 17.0. The summed E-state index contributed by atoms with van der Waals surface area (Å²) < 4.78 is 32.1. The summed E-state index contributed by atoms with van der Waals surface area (Å²) in [5.74, 6) is 0.0674. The molecule has 1 aromatic heterocycles. The number of benzene rings is 2. The van der Waals surface area contributed by atoms with Crippen LogP contribution in [0.1, 0.15) is 23.2 Å². The molecule has 0 atom stereocenters. The van der Waals surface area contributed by atoms with Crippen LogP contribution >= 0.6 is 11.8 Å². The lowest BCUT2D eigenvalue weighted by atomic mass is 10.1. The van der Waals surface area contributed by atoms with Crippen LogP contribution in [0.2, 0.25) is 0 Å². The number of thioether (sulfide) groups is 1. The van der Waals surface area contributed by atoms with Crippen molar-refractivity contribution in [1.29, 1.82) is 0 Å². The van der Waals surface area contributed by atoms with Crippen LogP contribution in [0, 0.1) is 0 Å². The number of carbonyl (C=O) groups excluding carboxylic acids is 1. The summed E-state index contributed by atoms with van der Waals surface area (Å²) in [5, 5.41) is 0.442. The van der Waals surface area contributed by atoms with Crippen LogP contribution < -0.4 is 0 Å². The number of oxazole rings is 1. The lowest BCUT2D eigenvalue weighted by molar-refractivity contribution is 0.102. The van der Waals surface area contributed by atoms with Gasteiger partial charge < -0.3 is 4.42 Å². The molecule has 1 saturated heterocycles. The van der Waals surface area contributed by atoms with Crippen molar-refractivity contribution >= 4 is 38.7 Å². The smallest absolute Gasteiger partial charge is 0.257 e. The van der Waals surface area contributed by atoms with Crippen LogP contribution in [0.4, 0.5) is 0 Å². The van der Waals surface area contributed by atoms with Crippen LogP contribution in [0.3, 0.4) is 0 Å². The predicted octanol–water partition coefficient (Wildman–Crippen LogP) is 3.59. The summed E-state index contributed by atoms with van der Waals surface area (Å²) in [6.07, 6.45) is 1.78. The van der Waals surface area contributed by atoms with Crippen molar-refractivity contribution in [2.24, 2.45) is 0 Å². The van der Waals surface area contributed by atoms with Crippen LogP contribution in [0.5, 0.6) is 0 Å². The van der Waals surface area contributed by atoms with Gasteiger partial charge in [-0.15, -0.1) is 0 Å². The average Bonchev–Trinajstić information content (AvgIpc) is 3.36. The minimum Gasteiger partial charge on any atom is -0.431 e. The standard InChI is InChI=1S/C19H18N2O4S2/c22-17(13-26-19-20-16-5-1-2-6-18(16)25-19)14-7-9-15(10-8-14)27(23,24)21-11-3-4-12-21/h1-2,5-10H,3-4,11-13H2. The fraction of sp³-hybridized carbons (Fsp3) is 0.263. The molecule has 8 heteroatoms. The van der Waals surface area contributed by atoms with E-state index in [0.29, 0.717) is 29.5 Å². The summed E-state index contributed by atoms with van der Waals surface area (Å²) >= 11 is 1.23. The number of fused-ring (bicyclic) bond motifs is 1. The molecule has 0 N–H and O–H groups in total. The second kappa shape index (κ2) is 7.46. The van der Waals surface area contributed by atoms with Gasteiger partial charge in [-0.05, 0) is 37.1 Å². The van der Waals surface area contributed by atoms with Crippen LogP contribution in [-0.4, -0.2) is 42.3 Å². The SMILES string of the molecule is O=C(CSc1nc2ccccc2o1)c1ccc(S(=O)(=O)N2CCCC2)cc1. The van der Waals surface area contributed by atoms with Gasteiger partial charge in [0.05, 0.1) is 10.6 Å². The maximum absolute atomic E-state index is 12.5. The molecule has 2 aromatic carbocycles. The molecule has 0 unspecified atom stereocenters. The number of hydrogen-bond donors (Lipinski definition) is 0. The van der Waals surface area contributed by atoms with E-state index in [1.165, 1.54) is 28.2 Å². The van der Waals surface area contributed by atoms with Gasteiger partial charge in [0, 0.05) is 18.7 Å². The number of Topliss-reactive ketones (excluding diaryl/α,β-unsaturated/α-hetero) is 1. The first-order valence-electron chi connectivity index (χ1n) is 8.66. The molecule has 3 aromatic rings. The quantitative estimate of drug-likeness (QED) is 0.463. The van der Waals surface area contributed by atoms with E-state index >= 15 is 0 Å². The molecule has 1 aliphatic heterocycles. The van der Waals surface area contributed by atoms with Crippen molar-refractivity contribution in [1.82, 2.24) is 9.29 Å². The Hall–Kier alpha value is -2.16. The molecule has 140 valence electrons. The van der Waals surface area contributed by atoms with E-state index in [9.17, 15) is 13.2 Å². The summed E-state index contributed by atoms with van der Waals surface area (Å²) in [7, 11) is -3.46. The number of aromatic nitrogens is 1. The number of ketones is 1. The third-order valence-electron chi connectivity index (χ3n) is 4.48. The van der Waals surface area contributed by atoms with E-state index < -0.39 is 10.0 Å². The highest BCUT2D eigenvalue weighted by Crippen LogP contribution is 2.25. The molecule has 4 rings (SSSR count). The minimum absolute atomic E-state index is 0.104. The van der Waals surface area contributed by atoms with Crippen molar-refractivity contribution in [3.63, 3.8) is 0 Å². The van der Waals surface area contributed by atoms with Gasteiger partial charge in [-0.3, -0.25) is 4.79 Å². The molecule has 0 bridgehead atoms. The molecule has 1 fully saturated rings. The first-order valence-corrected chi connectivity index (χ1v) is 11.1. The van der Waals surface area contributed by atoms with Gasteiger partial charge in [-0.1, -0.05) is 36.0 Å². The molecule has 1 aliphatic rings. The fourth-order valence-electron chi connectivity index (χ4n) is 3.01. The first-order chi connectivity index (χ1) is 13.0. The predicted molar refractivity (Wildman–Crippen MR) is 103 cm³/mol. The topological polar surface area (TPSA) is 80.5 Å². The summed E-state index contributed by atoms with van der Waals surface area (Å²) in [6.45, 7) is 1.12. The Morgan fingerprint density at radius 3 is 2.48 bits per heavy atom. The maximum atomic E-state index is 12.5. The number of hydrogen-bond acceptors (Lipinski definition) is 6. The van der Waals surface area contributed by atoms with E-state index in [2.05, 4.69) is 4.98 Å². The number of rotatable bonds is 6. The highest BCUT2D eigenvalue weighted by Gasteiger charge is 2.27. The Labute approximate surface area is 161 Å². The van der Waals surface area contributed by atoms with Gasteiger partial charge in [0.15, 0.2) is 11.4 Å². The summed E-state index contributed by atoms with van der Waals surface area (Å²) in [6, 6.07) is 13.6. The van der Waals surface area contributed by atoms with Crippen LogP contribution in [0.25, 0.3) is 11.1 Å². The third-order valence-corrected chi connectivity index (χ3v) is 7.22. The zero-order valence-corrected chi connectivity index (χ0v) is 16.1.